The normalized spacial score (nSPS) is 49.9. The van der Waals surface area contributed by atoms with Gasteiger partial charge in [-0.2, -0.15) is 0 Å². The Morgan fingerprint density at radius 1 is 0.311 bits per heavy atom. The molecule has 35 atom stereocenters. The molecule has 15 fully saturated rings. The molecule has 0 amide bonds. The molecule has 0 unspecified atom stereocenters. The van der Waals surface area contributed by atoms with Crippen molar-refractivity contribution in [1.29, 1.82) is 0 Å². The maximum atomic E-state index is 10.8. The standard InChI is InChI=1S/C23H35BrO2.C23H36O2.C22H33BrO.C22H34O2.C22H34O/c1-15(13-24)20-6-7-21-19-5-4-16-12-23(25,14-26-3)11-9-17(16)18(19)8-10-22(20,21)2;1-15(2)20-7-8-21-19-6-5-16-13-23(24,14-25-4)12-10-17(16)18(19)9-11-22(20,21)3;2*1-14(13-23)19-6-7-20-18-5-4-15-12-21(2,24)10-8-16(15)17(18)9-11-22(19,20)3;1-14(2)19-7-8-20-18-6-5-15-13-21(3,23)11-9-16(15)17(18)10-12-22(19,20)4/h4,17-21,25H,1,5-14H2,2-3H3;5,17-21,24H,1,6-14H2,2-4H3;4,16-20,24H,1,5-13H2,2-3H3;4,16-20,23-24H,1,5-13H2,2-3H3;5,16-20,23H,1,6-13H2,2-4H3/t2*17-,18+,19+,20+,21-,22+,23+;3*16-,17+,18+,19+,20-,21+,22+/m00000/s1. The highest BCUT2D eigenvalue weighted by Crippen LogP contribution is 2.72. The minimum absolute atomic E-state index is 0.156. The fraction of sp³-hybridized carbons (Fsp3) is 0.821. The van der Waals surface area contributed by atoms with Gasteiger partial charge in [0.25, 0.3) is 0 Å². The van der Waals surface area contributed by atoms with E-state index in [4.69, 9.17) is 9.47 Å². The molecule has 0 aromatic heterocycles. The van der Waals surface area contributed by atoms with Crippen molar-refractivity contribution in [2.24, 2.45) is 175 Å². The van der Waals surface area contributed by atoms with E-state index in [1.165, 1.54) is 202 Å². The predicted molar refractivity (Wildman–Crippen MR) is 510 cm³/mol. The summed E-state index contributed by atoms with van der Waals surface area (Å²) >= 11 is 7.32. The van der Waals surface area contributed by atoms with Crippen molar-refractivity contribution in [3.8, 4) is 0 Å². The molecule has 0 aliphatic heterocycles. The molecule has 0 spiro atoms. The lowest BCUT2D eigenvalue weighted by molar-refractivity contribution is -0.0676. The van der Waals surface area contributed by atoms with Gasteiger partial charge in [0.1, 0.15) is 0 Å². The van der Waals surface area contributed by atoms with Crippen LogP contribution in [-0.4, -0.2) is 103 Å². The topological polar surface area (TPSA) is 140 Å². The first-order chi connectivity index (χ1) is 57.8. The summed E-state index contributed by atoms with van der Waals surface area (Å²) in [4.78, 5) is 0. The maximum Gasteiger partial charge on any atom is 0.0917 e. The van der Waals surface area contributed by atoms with Crippen LogP contribution < -0.4 is 0 Å². The van der Waals surface area contributed by atoms with Crippen molar-refractivity contribution in [3.05, 3.63) is 119 Å². The Bertz CT molecular complexity index is 3920. The highest BCUT2D eigenvalue weighted by Gasteiger charge is 2.63. The van der Waals surface area contributed by atoms with Gasteiger partial charge in [-0.1, -0.05) is 180 Å². The Hall–Kier alpha value is -1.96. The van der Waals surface area contributed by atoms with Crippen molar-refractivity contribution in [2.45, 2.75) is 354 Å². The predicted octanol–water partition coefficient (Wildman–Crippen LogP) is 26.5. The molecule has 0 saturated heterocycles. The number of ether oxygens (including phenoxy) is 2. The average Bonchev–Trinajstić information content (AvgIpc) is 1.53. The second-order valence-corrected chi connectivity index (χ2v) is 50.2. The van der Waals surface area contributed by atoms with Crippen LogP contribution in [-0.2, 0) is 9.47 Å². The van der Waals surface area contributed by atoms with Crippen LogP contribution in [0.25, 0.3) is 0 Å². The van der Waals surface area contributed by atoms with Gasteiger partial charge in [0.2, 0.25) is 0 Å². The number of fused-ring (bicyclic) bond motifs is 25. The molecule has 0 bridgehead atoms. The smallest absolute Gasteiger partial charge is 0.0917 e. The number of hydrogen-bond acceptors (Lipinski definition) is 8. The van der Waals surface area contributed by atoms with Crippen LogP contribution >= 0.6 is 31.9 Å². The van der Waals surface area contributed by atoms with Crippen LogP contribution in [0.15, 0.2) is 119 Å². The van der Waals surface area contributed by atoms with Crippen LogP contribution in [0.3, 0.4) is 0 Å². The van der Waals surface area contributed by atoms with E-state index in [-0.39, 0.29) is 6.61 Å². The largest absolute Gasteiger partial charge is 0.392 e. The first-order valence-corrected chi connectivity index (χ1v) is 53.2. The zero-order valence-electron chi connectivity index (χ0n) is 78.9. The van der Waals surface area contributed by atoms with E-state index in [0.29, 0.717) is 58.0 Å². The van der Waals surface area contributed by atoms with Crippen molar-refractivity contribution < 1.29 is 40.1 Å². The van der Waals surface area contributed by atoms with Crippen LogP contribution in [0.1, 0.15) is 326 Å². The molecular weight excluding hydrogens is 1630 g/mol. The van der Waals surface area contributed by atoms with Crippen molar-refractivity contribution in [1.82, 2.24) is 0 Å². The molecule has 20 rings (SSSR count). The van der Waals surface area contributed by atoms with Crippen molar-refractivity contribution >= 4 is 31.9 Å². The van der Waals surface area contributed by atoms with E-state index in [9.17, 15) is 30.6 Å². The second kappa shape index (κ2) is 35.9. The fourth-order valence-electron chi connectivity index (χ4n) is 36.8. The van der Waals surface area contributed by atoms with Gasteiger partial charge in [-0.25, -0.2) is 0 Å². The molecule has 122 heavy (non-hydrogen) atoms. The molecule has 6 N–H and O–H groups in total. The molecule has 0 radical (unpaired) electrons. The Morgan fingerprint density at radius 2 is 0.541 bits per heavy atom. The van der Waals surface area contributed by atoms with Gasteiger partial charge >= 0.3 is 0 Å². The molecular formula is C112H172Br2O8. The lowest BCUT2D eigenvalue weighted by atomic mass is 9.51. The molecule has 10 heteroatoms. The molecule has 0 aromatic carbocycles. The van der Waals surface area contributed by atoms with Crippen molar-refractivity contribution in [2.75, 3.05) is 44.7 Å². The first-order valence-electron chi connectivity index (χ1n) is 50.9. The van der Waals surface area contributed by atoms with E-state index in [1.807, 2.05) is 20.8 Å². The summed E-state index contributed by atoms with van der Waals surface area (Å²) in [5, 5.41) is 64.6. The van der Waals surface area contributed by atoms with E-state index in [1.54, 1.807) is 42.1 Å². The van der Waals surface area contributed by atoms with Gasteiger partial charge in [0.05, 0.1) is 47.8 Å². The third-order valence-corrected chi connectivity index (χ3v) is 43.8. The van der Waals surface area contributed by atoms with Gasteiger partial charge in [0.15, 0.2) is 0 Å². The summed E-state index contributed by atoms with van der Waals surface area (Å²) in [6.07, 6.45) is 61.2. The lowest BCUT2D eigenvalue weighted by Crippen LogP contribution is -2.48. The van der Waals surface area contributed by atoms with Crippen LogP contribution in [0.4, 0.5) is 0 Å². The highest BCUT2D eigenvalue weighted by molar-refractivity contribution is 9.09. The van der Waals surface area contributed by atoms with E-state index in [0.717, 1.165) is 223 Å². The monoisotopic (exact) mass is 1800 g/mol. The Kier molecular flexibility index (Phi) is 27.4. The third kappa shape index (κ3) is 17.2. The van der Waals surface area contributed by atoms with E-state index in [2.05, 4.69) is 144 Å². The zero-order valence-corrected chi connectivity index (χ0v) is 82.1. The van der Waals surface area contributed by atoms with Gasteiger partial charge in [-0.05, 0) is 472 Å². The van der Waals surface area contributed by atoms with Crippen molar-refractivity contribution in [3.63, 3.8) is 0 Å². The van der Waals surface area contributed by atoms with E-state index >= 15 is 0 Å². The quantitative estimate of drug-likeness (QED) is 0.0839. The molecule has 8 nitrogen and oxygen atoms in total. The Morgan fingerprint density at radius 3 is 0.779 bits per heavy atom. The Labute approximate surface area is 759 Å². The summed E-state index contributed by atoms with van der Waals surface area (Å²) in [6.45, 7) is 46.1. The summed E-state index contributed by atoms with van der Waals surface area (Å²) < 4.78 is 10.6. The fourth-order valence-corrected chi connectivity index (χ4v) is 37.6. The van der Waals surface area contributed by atoms with Crippen LogP contribution in [0.5, 0.6) is 0 Å². The number of methoxy groups -OCH3 is 2. The summed E-state index contributed by atoms with van der Waals surface area (Å²) in [6, 6.07) is 0. The second-order valence-electron chi connectivity index (χ2n) is 49.1. The van der Waals surface area contributed by atoms with Crippen LogP contribution in [0.2, 0.25) is 0 Å². The van der Waals surface area contributed by atoms with Crippen LogP contribution in [0, 0.1) is 175 Å². The average molecular weight is 1810 g/mol. The number of aliphatic hydroxyl groups excluding tert-OH is 1. The van der Waals surface area contributed by atoms with Gasteiger partial charge in [-0.3, -0.25) is 0 Å². The molecule has 15 saturated carbocycles. The van der Waals surface area contributed by atoms with E-state index < -0.39 is 28.0 Å². The molecule has 20 aliphatic carbocycles. The highest BCUT2D eigenvalue weighted by atomic mass is 79.9. The number of rotatable bonds is 12. The van der Waals surface area contributed by atoms with Gasteiger partial charge < -0.3 is 40.1 Å². The number of halogens is 2. The summed E-state index contributed by atoms with van der Waals surface area (Å²) in [7, 11) is 3.41. The molecule has 20 aliphatic rings. The first kappa shape index (κ1) is 93.3. The summed E-state index contributed by atoms with van der Waals surface area (Å²) in [5.74, 6) is 20.1. The number of allylic oxidation sites excluding steroid dienone is 9. The third-order valence-electron chi connectivity index (χ3n) is 42.4. The SMILES string of the molecule is C=C(C)[C@H]1CC[C@H]2[C@@H]3CC=C4C[C@@](O)(COC)CC[C@@H]4[C@H]3CC[C@]12C.C=C(C)[C@H]1CC[C@H]2[C@@H]3CC=C4C[C@](C)(O)CC[C@@H]4[C@H]3CC[C@]12C.C=C(CBr)[C@H]1CC[C@H]2[C@@H]3CC=C4C[C@@](O)(COC)CC[C@@H]4[C@H]3CC[C@]12C.C=C(CBr)[C@H]1CC[C@H]2[C@@H]3CC=C4C[C@](C)(O)CC[C@@H]4[C@H]3CC[C@]12C.C=C(CO)[C@H]1CC[C@H]2[C@@H]3CC=C4C[C@](C)(O)CC[C@@H]4[C@H]3CC[C@]12C. The molecule has 0 heterocycles. The number of aliphatic hydroxyl groups is 6. The maximum absolute atomic E-state index is 10.8. The lowest BCUT2D eigenvalue weighted by Gasteiger charge is -2.54. The minimum atomic E-state index is -0.626. The summed E-state index contributed by atoms with van der Waals surface area (Å²) in [5.41, 5.74) is 14.3. The van der Waals surface area contributed by atoms with Gasteiger partial charge in [-0.15, -0.1) is 0 Å². The number of hydrogen-bond donors (Lipinski definition) is 6. The number of alkyl halides is 2. The zero-order chi connectivity index (χ0) is 87.0. The molecule has 0 aromatic rings. The Balaban J connectivity index is 0.000000113. The minimum Gasteiger partial charge on any atom is -0.392 e. The molecule has 682 valence electrons. The van der Waals surface area contributed by atoms with Gasteiger partial charge in [0, 0.05) is 24.9 Å².